The maximum atomic E-state index is 2.38. The maximum absolute atomic E-state index is 2.38. The second-order valence-corrected chi connectivity index (χ2v) is 24.3. The summed E-state index contributed by atoms with van der Waals surface area (Å²) in [4.78, 5) is 0. The van der Waals surface area contributed by atoms with Crippen LogP contribution in [0.3, 0.4) is 0 Å². The summed E-state index contributed by atoms with van der Waals surface area (Å²) in [6.07, 6.45) is 0. The molecule has 0 aliphatic carbocycles. The Labute approximate surface area is 83.9 Å². The molecule has 64 valence electrons. The van der Waals surface area contributed by atoms with Crippen LogP contribution in [0.5, 0.6) is 0 Å². The van der Waals surface area contributed by atoms with Gasteiger partial charge in [0.1, 0.15) is 0 Å². The van der Waals surface area contributed by atoms with Crippen LogP contribution in [-0.4, -0.2) is 0 Å². The third kappa shape index (κ3) is 18.3. The first-order chi connectivity index (χ1) is 5.08. The molecule has 0 spiro atoms. The van der Waals surface area contributed by atoms with Crippen molar-refractivity contribution in [1.82, 2.24) is 0 Å². The zero-order valence-electron chi connectivity index (χ0n) is 9.54. The summed E-state index contributed by atoms with van der Waals surface area (Å²) < 4.78 is 0. The molecular formula is C9H24Zn2. The molecule has 0 aromatic rings. The van der Waals surface area contributed by atoms with Gasteiger partial charge < -0.3 is 0 Å². The Morgan fingerprint density at radius 3 is 0.909 bits per heavy atom. The Hall–Kier alpha value is 1.25. The van der Waals surface area contributed by atoms with Gasteiger partial charge in [-0.3, -0.25) is 0 Å². The fourth-order valence-electron chi connectivity index (χ4n) is 1.06. The van der Waals surface area contributed by atoms with Crippen LogP contribution >= 0.6 is 0 Å². The zero-order valence-corrected chi connectivity index (χ0v) is 15.5. The van der Waals surface area contributed by atoms with Crippen LogP contribution in [0.25, 0.3) is 0 Å². The zero-order chi connectivity index (χ0) is 9.28. The van der Waals surface area contributed by atoms with E-state index < -0.39 is 31.9 Å². The standard InChI is InChI=1S/3C2H5.3CH3.2Zn/c3*1-2;;;;;/h3*1H2,2H3;3*1H3;;. The van der Waals surface area contributed by atoms with E-state index in [1.54, 1.807) is 15.0 Å². The molecule has 0 aromatic carbocycles. The topological polar surface area (TPSA) is 0 Å². The predicted molar refractivity (Wildman–Crippen MR) is 49.0 cm³/mol. The van der Waals surface area contributed by atoms with E-state index in [1.807, 2.05) is 0 Å². The number of hydrogen-bond donors (Lipinski definition) is 0. The molecule has 0 saturated heterocycles. The molecule has 11 heavy (non-hydrogen) atoms. The summed E-state index contributed by atoms with van der Waals surface area (Å²) in [7, 11) is 0. The molecule has 0 fully saturated rings. The third-order valence-electron chi connectivity index (χ3n) is 2.12. The van der Waals surface area contributed by atoms with Crippen molar-refractivity contribution in [2.75, 3.05) is 0 Å². The molecular weight excluding hydrogens is 239 g/mol. The summed E-state index contributed by atoms with van der Waals surface area (Å²) in [5.74, 6) is 0. The molecule has 0 nitrogen and oxygen atoms in total. The Balaban J connectivity index is 0. The van der Waals surface area contributed by atoms with Gasteiger partial charge in [0, 0.05) is 0 Å². The number of rotatable bonds is 3. The molecule has 0 atom stereocenters. The van der Waals surface area contributed by atoms with Crippen molar-refractivity contribution in [3.05, 3.63) is 0 Å². The Morgan fingerprint density at radius 1 is 0.727 bits per heavy atom. The first kappa shape index (κ1) is 14.8. The normalized spacial score (nSPS) is 8.18. The molecule has 0 aliphatic rings. The Bertz CT molecular complexity index is 50.3. The molecule has 0 heterocycles. The van der Waals surface area contributed by atoms with E-state index in [0.29, 0.717) is 0 Å². The van der Waals surface area contributed by atoms with Gasteiger partial charge in [0.05, 0.1) is 0 Å². The Morgan fingerprint density at radius 2 is 0.909 bits per heavy atom. The van der Waals surface area contributed by atoms with Gasteiger partial charge in [-0.05, 0) is 0 Å². The third-order valence-corrected chi connectivity index (χ3v) is 11.0. The second kappa shape index (κ2) is 11.2. The van der Waals surface area contributed by atoms with Gasteiger partial charge in [-0.2, -0.15) is 0 Å². The molecule has 0 unspecified atom stereocenters. The van der Waals surface area contributed by atoms with Crippen molar-refractivity contribution in [1.29, 1.82) is 0 Å². The molecule has 0 saturated carbocycles. The van der Waals surface area contributed by atoms with Gasteiger partial charge >= 0.3 is 84.3 Å². The minimum atomic E-state index is -0.750. The average molecular weight is 263 g/mol. The van der Waals surface area contributed by atoms with E-state index in [1.165, 1.54) is 0 Å². The van der Waals surface area contributed by atoms with Crippen molar-refractivity contribution >= 4 is 0 Å². The molecule has 2 heteroatoms. The van der Waals surface area contributed by atoms with E-state index in [4.69, 9.17) is 0 Å². The molecule has 0 bridgehead atoms. The van der Waals surface area contributed by atoms with Gasteiger partial charge in [-0.25, -0.2) is 0 Å². The van der Waals surface area contributed by atoms with E-state index in [-0.39, 0.29) is 0 Å². The van der Waals surface area contributed by atoms with E-state index >= 15 is 0 Å². The molecule has 0 aliphatic heterocycles. The van der Waals surface area contributed by atoms with Crippen LogP contribution in [0.1, 0.15) is 20.8 Å². The van der Waals surface area contributed by atoms with E-state index in [2.05, 4.69) is 37.3 Å². The summed E-state index contributed by atoms with van der Waals surface area (Å²) >= 11 is -1.38. The molecule has 0 rings (SSSR count). The number of hydrogen-bond acceptors (Lipinski definition) is 0. The van der Waals surface area contributed by atoms with Crippen LogP contribution in [-0.2, 0) is 31.9 Å². The quantitative estimate of drug-likeness (QED) is 0.649. The second-order valence-electron chi connectivity index (χ2n) is 4.68. The van der Waals surface area contributed by atoms with Gasteiger partial charge in [-0.15, -0.1) is 0 Å². The molecule has 0 amide bonds. The van der Waals surface area contributed by atoms with Gasteiger partial charge in [0.25, 0.3) is 0 Å². The summed E-state index contributed by atoms with van der Waals surface area (Å²) in [5, 5.41) is 4.69. The van der Waals surface area contributed by atoms with Crippen LogP contribution in [0.2, 0.25) is 31.6 Å². The van der Waals surface area contributed by atoms with Crippen LogP contribution in [0.15, 0.2) is 0 Å². The summed E-state index contributed by atoms with van der Waals surface area (Å²) in [6, 6.07) is 0. The first-order valence-corrected chi connectivity index (χ1v) is 20.9. The summed E-state index contributed by atoms with van der Waals surface area (Å²) in [6.45, 7) is 7.06. The fourth-order valence-corrected chi connectivity index (χ4v) is 5.51. The average Bonchev–Trinajstić information content (AvgIpc) is 1.90. The Kier molecular flexibility index (Phi) is 15.1. The van der Waals surface area contributed by atoms with Crippen molar-refractivity contribution in [2.45, 2.75) is 52.4 Å². The van der Waals surface area contributed by atoms with E-state index in [0.717, 1.165) is 0 Å². The molecule has 0 N–H and O–H groups in total. The summed E-state index contributed by atoms with van der Waals surface area (Å²) in [5.41, 5.74) is 7.12. The monoisotopic (exact) mass is 260 g/mol. The fraction of sp³-hybridized carbons (Fsp3) is 1.00. The molecule has 0 aromatic heterocycles. The SMILES string of the molecule is C[CH2][Zn]([CH2]C)[CH2]C.[CH3][Zn]([CH3])[CH3]. The van der Waals surface area contributed by atoms with Crippen LogP contribution in [0.4, 0.5) is 0 Å². The predicted octanol–water partition coefficient (Wildman–Crippen LogP) is 4.67. The van der Waals surface area contributed by atoms with Crippen LogP contribution < -0.4 is 0 Å². The van der Waals surface area contributed by atoms with Gasteiger partial charge in [-0.1, -0.05) is 0 Å². The van der Waals surface area contributed by atoms with Gasteiger partial charge in [0.15, 0.2) is 0 Å². The van der Waals surface area contributed by atoms with E-state index in [9.17, 15) is 0 Å². The minimum absolute atomic E-state index is 0.625. The first-order valence-electron chi connectivity index (χ1n) is 5.74. The van der Waals surface area contributed by atoms with Crippen molar-refractivity contribution < 1.29 is 31.9 Å². The van der Waals surface area contributed by atoms with Crippen molar-refractivity contribution in [3.63, 3.8) is 0 Å². The van der Waals surface area contributed by atoms with Crippen molar-refractivity contribution in [2.24, 2.45) is 0 Å². The van der Waals surface area contributed by atoms with Gasteiger partial charge in [0.2, 0.25) is 0 Å². The molecule has 0 radical (unpaired) electrons. The van der Waals surface area contributed by atoms with Crippen LogP contribution in [0, 0.1) is 0 Å². The van der Waals surface area contributed by atoms with Crippen molar-refractivity contribution in [3.8, 4) is 0 Å².